The van der Waals surface area contributed by atoms with E-state index in [1.54, 1.807) is 11.0 Å². The van der Waals surface area contributed by atoms with Gasteiger partial charge >= 0.3 is 0 Å². The van der Waals surface area contributed by atoms with E-state index < -0.39 is 9.84 Å². The quantitative estimate of drug-likeness (QED) is 0.476. The third kappa shape index (κ3) is 5.33. The summed E-state index contributed by atoms with van der Waals surface area (Å²) in [5, 5.41) is 4.02. The van der Waals surface area contributed by atoms with Gasteiger partial charge in [0.1, 0.15) is 0 Å². The van der Waals surface area contributed by atoms with Crippen LogP contribution in [-0.4, -0.2) is 55.0 Å². The molecule has 0 unspecified atom stereocenters. The molecule has 0 spiro atoms. The van der Waals surface area contributed by atoms with Crippen molar-refractivity contribution in [2.75, 3.05) is 29.5 Å². The highest BCUT2D eigenvalue weighted by molar-refractivity contribution is 7.91. The van der Waals surface area contributed by atoms with Gasteiger partial charge in [0.2, 0.25) is 0 Å². The third-order valence-electron chi connectivity index (χ3n) is 6.39. The highest BCUT2D eigenvalue weighted by Crippen LogP contribution is 2.26. The summed E-state index contributed by atoms with van der Waals surface area (Å²) in [7, 11) is -3.16. The first-order chi connectivity index (χ1) is 16.3. The molecule has 1 aliphatic rings. The summed E-state index contributed by atoms with van der Waals surface area (Å²) < 4.78 is 29.8. The number of carbonyl (C=O) groups excluding carboxylic acids is 1. The smallest absolute Gasteiger partial charge is 0.276 e. The lowest BCUT2D eigenvalue weighted by Gasteiger charge is -2.28. The Labute approximate surface area is 201 Å². The van der Waals surface area contributed by atoms with Crippen LogP contribution in [0.15, 0.2) is 59.1 Å². The molecule has 8 heteroatoms. The van der Waals surface area contributed by atoms with Gasteiger partial charge < -0.3 is 14.3 Å². The summed E-state index contributed by atoms with van der Waals surface area (Å²) in [6.07, 6.45) is 0.425. The second-order valence-corrected chi connectivity index (χ2v) is 11.0. The van der Waals surface area contributed by atoms with E-state index in [2.05, 4.69) is 23.9 Å². The van der Waals surface area contributed by atoms with Gasteiger partial charge in [-0.3, -0.25) is 4.79 Å². The molecule has 2 heterocycles. The van der Waals surface area contributed by atoms with Gasteiger partial charge in [-0.1, -0.05) is 47.1 Å². The van der Waals surface area contributed by atoms with Gasteiger partial charge in [0.05, 0.1) is 11.5 Å². The van der Waals surface area contributed by atoms with Gasteiger partial charge in [-0.05, 0) is 44.9 Å². The first-order valence-electron chi connectivity index (χ1n) is 11.7. The zero-order valence-electron chi connectivity index (χ0n) is 19.9. The predicted octanol–water partition coefficient (Wildman–Crippen LogP) is 4.33. The lowest BCUT2D eigenvalue weighted by Crippen LogP contribution is -2.40. The highest BCUT2D eigenvalue weighted by atomic mass is 32.2. The topological polar surface area (TPSA) is 83.7 Å². The minimum Gasteiger partial charge on any atom is -0.372 e. The van der Waals surface area contributed by atoms with Crippen LogP contribution in [0.4, 0.5) is 5.69 Å². The highest BCUT2D eigenvalue weighted by Gasteiger charge is 2.36. The SMILES string of the molecule is CCN(CC)c1ccc(CN(C(=O)c2cc(-c3ccc(C)cc3)on2)[C@@H]2CCS(=O)(=O)C2)cc1. The fourth-order valence-electron chi connectivity index (χ4n) is 4.36. The Morgan fingerprint density at radius 2 is 1.74 bits per heavy atom. The molecule has 1 saturated heterocycles. The second kappa shape index (κ2) is 10.0. The summed E-state index contributed by atoms with van der Waals surface area (Å²) >= 11 is 0. The largest absolute Gasteiger partial charge is 0.372 e. The van der Waals surface area contributed by atoms with Crippen molar-refractivity contribution in [2.45, 2.75) is 39.8 Å². The van der Waals surface area contributed by atoms with Crippen molar-refractivity contribution in [3.05, 3.63) is 71.4 Å². The maximum atomic E-state index is 13.5. The number of hydrogen-bond donors (Lipinski definition) is 0. The van der Waals surface area contributed by atoms with E-state index in [1.807, 2.05) is 55.5 Å². The summed E-state index contributed by atoms with van der Waals surface area (Å²) in [5.41, 5.74) is 4.20. The molecule has 180 valence electrons. The first kappa shape index (κ1) is 24.0. The van der Waals surface area contributed by atoms with Crippen molar-refractivity contribution >= 4 is 21.4 Å². The normalized spacial score (nSPS) is 17.0. The van der Waals surface area contributed by atoms with E-state index in [0.717, 1.165) is 35.5 Å². The summed E-state index contributed by atoms with van der Waals surface area (Å²) in [5.74, 6) is 0.247. The molecule has 1 fully saturated rings. The van der Waals surface area contributed by atoms with Crippen molar-refractivity contribution in [3.63, 3.8) is 0 Å². The van der Waals surface area contributed by atoms with Crippen LogP contribution in [0.25, 0.3) is 11.3 Å². The Morgan fingerprint density at radius 3 is 2.32 bits per heavy atom. The molecule has 2 aromatic carbocycles. The van der Waals surface area contributed by atoms with Crippen LogP contribution in [0, 0.1) is 6.92 Å². The Balaban J connectivity index is 1.59. The predicted molar refractivity (Wildman–Crippen MR) is 134 cm³/mol. The number of anilines is 1. The molecule has 1 aliphatic heterocycles. The van der Waals surface area contributed by atoms with E-state index in [0.29, 0.717) is 18.7 Å². The molecule has 0 N–H and O–H groups in total. The van der Waals surface area contributed by atoms with Crippen molar-refractivity contribution in [1.29, 1.82) is 0 Å². The number of rotatable bonds is 8. The fraction of sp³-hybridized carbons (Fsp3) is 0.385. The number of nitrogens with zero attached hydrogens (tertiary/aromatic N) is 3. The lowest BCUT2D eigenvalue weighted by atomic mass is 10.1. The Hall–Kier alpha value is -3.13. The molecule has 0 radical (unpaired) electrons. The van der Waals surface area contributed by atoms with Crippen molar-refractivity contribution in [2.24, 2.45) is 0 Å². The Bertz CT molecular complexity index is 1230. The molecule has 0 aliphatic carbocycles. The Morgan fingerprint density at radius 1 is 1.06 bits per heavy atom. The summed E-state index contributed by atoms with van der Waals surface area (Å²) in [6, 6.07) is 17.1. The van der Waals surface area contributed by atoms with Crippen molar-refractivity contribution < 1.29 is 17.7 Å². The number of sulfone groups is 1. The van der Waals surface area contributed by atoms with Gasteiger partial charge in [0.25, 0.3) is 5.91 Å². The van der Waals surface area contributed by atoms with Crippen molar-refractivity contribution in [1.82, 2.24) is 10.1 Å². The minimum absolute atomic E-state index is 0.0288. The van der Waals surface area contributed by atoms with Crippen LogP contribution in [0.2, 0.25) is 0 Å². The van der Waals surface area contributed by atoms with E-state index in [9.17, 15) is 13.2 Å². The molecule has 1 aromatic heterocycles. The van der Waals surface area contributed by atoms with Crippen LogP contribution in [0.3, 0.4) is 0 Å². The molecule has 4 rings (SSSR count). The number of hydrogen-bond acceptors (Lipinski definition) is 6. The summed E-state index contributed by atoms with van der Waals surface area (Å²) in [4.78, 5) is 17.4. The minimum atomic E-state index is -3.16. The van der Waals surface area contributed by atoms with Gasteiger partial charge in [-0.25, -0.2) is 8.42 Å². The van der Waals surface area contributed by atoms with Crippen LogP contribution in [0.1, 0.15) is 41.9 Å². The first-order valence-corrected chi connectivity index (χ1v) is 13.5. The molecule has 3 aromatic rings. The van der Waals surface area contributed by atoms with Gasteiger partial charge in [-0.15, -0.1) is 0 Å². The van der Waals surface area contributed by atoms with Crippen molar-refractivity contribution in [3.8, 4) is 11.3 Å². The molecule has 0 saturated carbocycles. The van der Waals surface area contributed by atoms with Crippen LogP contribution < -0.4 is 4.90 Å². The average molecular weight is 482 g/mol. The molecule has 34 heavy (non-hydrogen) atoms. The van der Waals surface area contributed by atoms with Gasteiger partial charge in [-0.2, -0.15) is 0 Å². The number of amides is 1. The molecule has 0 bridgehead atoms. The molecule has 7 nitrogen and oxygen atoms in total. The van der Waals surface area contributed by atoms with E-state index >= 15 is 0 Å². The number of aromatic nitrogens is 1. The molecule has 1 amide bonds. The zero-order chi connectivity index (χ0) is 24.3. The second-order valence-electron chi connectivity index (χ2n) is 8.77. The lowest BCUT2D eigenvalue weighted by molar-refractivity contribution is 0.0670. The van der Waals surface area contributed by atoms with Crippen LogP contribution >= 0.6 is 0 Å². The van der Waals surface area contributed by atoms with Crippen LogP contribution in [-0.2, 0) is 16.4 Å². The van der Waals surface area contributed by atoms with Gasteiger partial charge in [0.15, 0.2) is 21.3 Å². The molecule has 1 atom stereocenters. The Kier molecular flexibility index (Phi) is 7.07. The summed E-state index contributed by atoms with van der Waals surface area (Å²) in [6.45, 7) is 8.36. The fourth-order valence-corrected chi connectivity index (χ4v) is 6.09. The van der Waals surface area contributed by atoms with Crippen LogP contribution in [0.5, 0.6) is 0 Å². The monoisotopic (exact) mass is 481 g/mol. The molecular formula is C26H31N3O4S. The van der Waals surface area contributed by atoms with E-state index in [-0.39, 0.29) is 29.1 Å². The van der Waals surface area contributed by atoms with E-state index in [1.165, 1.54) is 0 Å². The number of benzene rings is 2. The average Bonchev–Trinajstić information content (AvgIpc) is 3.46. The number of aryl methyl sites for hydroxylation is 1. The maximum absolute atomic E-state index is 13.5. The standard InChI is InChI=1S/C26H31N3O4S/c1-4-28(5-2)22-12-8-20(9-13-22)17-29(23-14-15-34(31,32)18-23)26(30)24-16-25(33-27-24)21-10-6-19(3)7-11-21/h6-13,16,23H,4-5,14-15,17-18H2,1-3H3/t23-/m1/s1. The third-order valence-corrected chi connectivity index (χ3v) is 8.14. The van der Waals surface area contributed by atoms with E-state index in [4.69, 9.17) is 4.52 Å². The maximum Gasteiger partial charge on any atom is 0.276 e. The zero-order valence-corrected chi connectivity index (χ0v) is 20.7. The van der Waals surface area contributed by atoms with Gasteiger partial charge in [0, 0.05) is 43.0 Å². The number of carbonyl (C=O) groups is 1. The molecular weight excluding hydrogens is 450 g/mol.